The number of morpholine rings is 1. The van der Waals surface area contributed by atoms with E-state index >= 15 is 0 Å². The molecule has 0 saturated carbocycles. The lowest BCUT2D eigenvalue weighted by Gasteiger charge is -2.35. The van der Waals surface area contributed by atoms with Crippen LogP contribution >= 0.6 is 0 Å². The summed E-state index contributed by atoms with van der Waals surface area (Å²) in [4.78, 5) is 2.39. The maximum absolute atomic E-state index is 12.8. The Kier molecular flexibility index (Phi) is 3.56. The van der Waals surface area contributed by atoms with E-state index in [1.54, 1.807) is 0 Å². The van der Waals surface area contributed by atoms with E-state index in [2.05, 4.69) is 18.7 Å². The topological polar surface area (TPSA) is 12.5 Å². The Hall–Kier alpha value is -0.930. The Morgan fingerprint density at radius 2 is 2.00 bits per heavy atom. The molecule has 2 nitrogen and oxygen atoms in total. The third-order valence-electron chi connectivity index (χ3n) is 3.07. The molecular formula is C13H18FNO. The summed E-state index contributed by atoms with van der Waals surface area (Å²) < 4.78 is 18.5. The molecule has 1 aromatic carbocycles. The minimum Gasteiger partial charge on any atom is -0.371 e. The summed E-state index contributed by atoms with van der Waals surface area (Å²) in [5, 5.41) is 0. The van der Waals surface area contributed by atoms with Crippen molar-refractivity contribution in [1.82, 2.24) is 4.90 Å². The van der Waals surface area contributed by atoms with Gasteiger partial charge in [-0.25, -0.2) is 4.39 Å². The smallest absolute Gasteiger partial charge is 0.123 e. The third-order valence-corrected chi connectivity index (χ3v) is 3.07. The molecule has 3 heteroatoms. The molecule has 1 aliphatic heterocycles. The van der Waals surface area contributed by atoms with Crippen LogP contribution in [0.15, 0.2) is 24.3 Å². The fourth-order valence-corrected chi connectivity index (χ4v) is 2.02. The normalized spacial score (nSPS) is 22.6. The van der Waals surface area contributed by atoms with Crippen molar-refractivity contribution in [3.63, 3.8) is 0 Å². The van der Waals surface area contributed by atoms with E-state index in [1.165, 1.54) is 12.1 Å². The van der Waals surface area contributed by atoms with Gasteiger partial charge in [0.25, 0.3) is 0 Å². The van der Waals surface area contributed by atoms with Gasteiger partial charge in [-0.1, -0.05) is 12.1 Å². The van der Waals surface area contributed by atoms with Gasteiger partial charge in [-0.15, -0.1) is 0 Å². The van der Waals surface area contributed by atoms with Crippen molar-refractivity contribution in [3.8, 4) is 0 Å². The van der Waals surface area contributed by atoms with Crippen molar-refractivity contribution in [2.75, 3.05) is 19.7 Å². The summed E-state index contributed by atoms with van der Waals surface area (Å²) in [7, 11) is 0. The van der Waals surface area contributed by atoms with E-state index in [0.717, 1.165) is 25.3 Å². The zero-order valence-electron chi connectivity index (χ0n) is 9.82. The summed E-state index contributed by atoms with van der Waals surface area (Å²) >= 11 is 0. The highest BCUT2D eigenvalue weighted by Crippen LogP contribution is 2.23. The van der Waals surface area contributed by atoms with Gasteiger partial charge in [0, 0.05) is 19.1 Å². The lowest BCUT2D eigenvalue weighted by atomic mass is 10.1. The maximum Gasteiger partial charge on any atom is 0.123 e. The second-order valence-corrected chi connectivity index (χ2v) is 4.50. The summed E-state index contributed by atoms with van der Waals surface area (Å²) in [6.07, 6.45) is 0.0803. The highest BCUT2D eigenvalue weighted by molar-refractivity contribution is 5.19. The molecule has 1 saturated heterocycles. The maximum atomic E-state index is 12.8. The molecule has 1 aliphatic rings. The average Bonchev–Trinajstić information content (AvgIpc) is 2.30. The van der Waals surface area contributed by atoms with Crippen LogP contribution in [0.5, 0.6) is 0 Å². The SMILES string of the molecule is CC(C)N1CCOC(c2ccc(F)cc2)C1. The van der Waals surface area contributed by atoms with Crippen molar-refractivity contribution in [3.05, 3.63) is 35.6 Å². The van der Waals surface area contributed by atoms with E-state index in [9.17, 15) is 4.39 Å². The molecule has 88 valence electrons. The first-order chi connectivity index (χ1) is 7.66. The van der Waals surface area contributed by atoms with E-state index in [-0.39, 0.29) is 11.9 Å². The summed E-state index contributed by atoms with van der Waals surface area (Å²) in [5.74, 6) is -0.194. The van der Waals surface area contributed by atoms with E-state index in [1.807, 2.05) is 12.1 Å². The molecule has 0 aromatic heterocycles. The van der Waals surface area contributed by atoms with Gasteiger partial charge in [-0.3, -0.25) is 4.90 Å². The standard InChI is InChI=1S/C13H18FNO/c1-10(2)15-7-8-16-13(9-15)11-3-5-12(14)6-4-11/h3-6,10,13H,7-9H2,1-2H3. The Morgan fingerprint density at radius 1 is 1.31 bits per heavy atom. The molecule has 0 radical (unpaired) electrons. The Labute approximate surface area is 96.0 Å². The van der Waals surface area contributed by atoms with Crippen LogP contribution in [0.2, 0.25) is 0 Å². The molecule has 0 bridgehead atoms. The fourth-order valence-electron chi connectivity index (χ4n) is 2.02. The summed E-state index contributed by atoms with van der Waals surface area (Å²) in [6, 6.07) is 7.14. The average molecular weight is 223 g/mol. The van der Waals surface area contributed by atoms with Gasteiger partial charge in [-0.05, 0) is 31.5 Å². The number of nitrogens with zero attached hydrogens (tertiary/aromatic N) is 1. The van der Waals surface area contributed by atoms with Crippen LogP contribution in [0.3, 0.4) is 0 Å². The molecule has 2 rings (SSSR count). The van der Waals surface area contributed by atoms with Gasteiger partial charge in [0.15, 0.2) is 0 Å². The number of rotatable bonds is 2. The molecule has 16 heavy (non-hydrogen) atoms. The minimum absolute atomic E-state index is 0.0803. The highest BCUT2D eigenvalue weighted by atomic mass is 19.1. The first kappa shape index (κ1) is 11.6. The van der Waals surface area contributed by atoms with Crippen molar-refractivity contribution >= 4 is 0 Å². The number of halogens is 1. The van der Waals surface area contributed by atoms with Crippen LogP contribution in [0.1, 0.15) is 25.5 Å². The van der Waals surface area contributed by atoms with Crippen molar-refractivity contribution < 1.29 is 9.13 Å². The van der Waals surface area contributed by atoms with Gasteiger partial charge in [-0.2, -0.15) is 0 Å². The largest absolute Gasteiger partial charge is 0.371 e. The zero-order chi connectivity index (χ0) is 11.5. The molecule has 1 unspecified atom stereocenters. The Bertz CT molecular complexity index is 336. The van der Waals surface area contributed by atoms with Crippen LogP contribution in [-0.2, 0) is 4.74 Å². The van der Waals surface area contributed by atoms with Gasteiger partial charge < -0.3 is 4.74 Å². The minimum atomic E-state index is -0.194. The van der Waals surface area contributed by atoms with Crippen LogP contribution < -0.4 is 0 Å². The number of benzene rings is 1. The zero-order valence-corrected chi connectivity index (χ0v) is 9.82. The predicted molar refractivity (Wildman–Crippen MR) is 61.8 cm³/mol. The molecule has 1 heterocycles. The van der Waals surface area contributed by atoms with E-state index in [4.69, 9.17) is 4.74 Å². The van der Waals surface area contributed by atoms with Crippen molar-refractivity contribution in [2.45, 2.75) is 26.0 Å². The molecule has 1 atom stereocenters. The molecule has 1 aromatic rings. The fraction of sp³-hybridized carbons (Fsp3) is 0.538. The van der Waals surface area contributed by atoms with Crippen LogP contribution in [0.4, 0.5) is 4.39 Å². The molecule has 0 aliphatic carbocycles. The molecule has 0 spiro atoms. The quantitative estimate of drug-likeness (QED) is 0.764. The first-order valence-corrected chi connectivity index (χ1v) is 5.78. The number of hydrogen-bond acceptors (Lipinski definition) is 2. The first-order valence-electron chi connectivity index (χ1n) is 5.78. The monoisotopic (exact) mass is 223 g/mol. The van der Waals surface area contributed by atoms with Crippen LogP contribution in [-0.4, -0.2) is 30.6 Å². The molecule has 0 N–H and O–H groups in total. The van der Waals surface area contributed by atoms with Crippen LogP contribution in [0, 0.1) is 5.82 Å². The van der Waals surface area contributed by atoms with Gasteiger partial charge in [0.1, 0.15) is 5.82 Å². The molecule has 1 fully saturated rings. The second kappa shape index (κ2) is 4.93. The van der Waals surface area contributed by atoms with Crippen LogP contribution in [0.25, 0.3) is 0 Å². The van der Waals surface area contributed by atoms with E-state index < -0.39 is 0 Å². The van der Waals surface area contributed by atoms with Gasteiger partial charge in [0.05, 0.1) is 12.7 Å². The summed E-state index contributed by atoms with van der Waals surface area (Å²) in [6.45, 7) is 7.00. The predicted octanol–water partition coefficient (Wildman–Crippen LogP) is 2.61. The van der Waals surface area contributed by atoms with E-state index in [0.29, 0.717) is 6.04 Å². The van der Waals surface area contributed by atoms with Gasteiger partial charge in [0.2, 0.25) is 0 Å². The second-order valence-electron chi connectivity index (χ2n) is 4.50. The molecule has 0 amide bonds. The molecular weight excluding hydrogens is 205 g/mol. The number of ether oxygens (including phenoxy) is 1. The lowest BCUT2D eigenvalue weighted by molar-refractivity contribution is -0.0402. The Morgan fingerprint density at radius 3 is 2.62 bits per heavy atom. The van der Waals surface area contributed by atoms with Gasteiger partial charge >= 0.3 is 0 Å². The third kappa shape index (κ3) is 2.60. The number of hydrogen-bond donors (Lipinski definition) is 0. The Balaban J connectivity index is 2.06. The highest BCUT2D eigenvalue weighted by Gasteiger charge is 2.23. The summed E-state index contributed by atoms with van der Waals surface area (Å²) in [5.41, 5.74) is 1.06. The lowest BCUT2D eigenvalue weighted by Crippen LogP contribution is -2.42. The van der Waals surface area contributed by atoms with Crippen molar-refractivity contribution in [2.24, 2.45) is 0 Å². The van der Waals surface area contributed by atoms with Crippen molar-refractivity contribution in [1.29, 1.82) is 0 Å².